The molecule has 0 saturated heterocycles. The molecule has 0 heterocycles. The van der Waals surface area contributed by atoms with Crippen LogP contribution in [-0.4, -0.2) is 37.2 Å². The van der Waals surface area contributed by atoms with Gasteiger partial charge in [-0.2, -0.15) is 0 Å². The first-order valence-electron chi connectivity index (χ1n) is 35.0. The van der Waals surface area contributed by atoms with Gasteiger partial charge < -0.3 is 14.2 Å². The molecule has 0 spiro atoms. The summed E-state index contributed by atoms with van der Waals surface area (Å²) in [6, 6.07) is 0. The van der Waals surface area contributed by atoms with E-state index in [0.29, 0.717) is 19.3 Å². The van der Waals surface area contributed by atoms with E-state index in [-0.39, 0.29) is 31.1 Å². The van der Waals surface area contributed by atoms with Crippen LogP contribution >= 0.6 is 0 Å². The fourth-order valence-corrected chi connectivity index (χ4v) is 9.68. The molecule has 0 aromatic heterocycles. The highest BCUT2D eigenvalue weighted by molar-refractivity contribution is 5.71. The largest absolute Gasteiger partial charge is 0.462 e. The highest BCUT2D eigenvalue weighted by Gasteiger charge is 2.19. The molecule has 0 fully saturated rings. The number of carbonyl (C=O) groups excluding carboxylic acids is 3. The van der Waals surface area contributed by atoms with Crippen LogP contribution in [0.15, 0.2) is 122 Å². The van der Waals surface area contributed by atoms with E-state index >= 15 is 0 Å². The minimum Gasteiger partial charge on any atom is -0.462 e. The van der Waals surface area contributed by atoms with Gasteiger partial charge in [0.15, 0.2) is 6.10 Å². The molecule has 0 saturated carbocycles. The van der Waals surface area contributed by atoms with Gasteiger partial charge in [-0.1, -0.05) is 296 Å². The van der Waals surface area contributed by atoms with Crippen molar-refractivity contribution in [3.63, 3.8) is 0 Å². The SMILES string of the molecule is CC/C=C\C/C=C\C/C=C\C/C=C\C/C=C\C/C=C\CCCCCCCCCCCCC(=O)OCC(COC(=O)CCCCCCCCC/C=C\C/C=C\CCCCCC)OC(=O)CCCCCCCCC/C=C\C/C=C\CCCCCC. The molecular formula is C77H130O6. The van der Waals surface area contributed by atoms with Gasteiger partial charge in [0.1, 0.15) is 13.2 Å². The van der Waals surface area contributed by atoms with Crippen LogP contribution < -0.4 is 0 Å². The van der Waals surface area contributed by atoms with E-state index in [0.717, 1.165) is 122 Å². The summed E-state index contributed by atoms with van der Waals surface area (Å²) in [5.41, 5.74) is 0. The van der Waals surface area contributed by atoms with E-state index in [4.69, 9.17) is 14.2 Å². The Morgan fingerprint density at radius 2 is 0.470 bits per heavy atom. The van der Waals surface area contributed by atoms with Crippen molar-refractivity contribution in [1.29, 1.82) is 0 Å². The lowest BCUT2D eigenvalue weighted by Crippen LogP contribution is -2.30. The number of hydrogen-bond acceptors (Lipinski definition) is 6. The van der Waals surface area contributed by atoms with E-state index < -0.39 is 6.10 Å². The molecule has 83 heavy (non-hydrogen) atoms. The number of allylic oxidation sites excluding steroid dienone is 20. The van der Waals surface area contributed by atoms with Gasteiger partial charge in [0.05, 0.1) is 0 Å². The van der Waals surface area contributed by atoms with Crippen molar-refractivity contribution >= 4 is 17.9 Å². The summed E-state index contributed by atoms with van der Waals surface area (Å²) in [7, 11) is 0. The summed E-state index contributed by atoms with van der Waals surface area (Å²) < 4.78 is 17.0. The summed E-state index contributed by atoms with van der Waals surface area (Å²) in [6.07, 6.45) is 97.8. The Morgan fingerprint density at radius 1 is 0.253 bits per heavy atom. The third-order valence-electron chi connectivity index (χ3n) is 14.9. The molecule has 0 aliphatic rings. The van der Waals surface area contributed by atoms with Gasteiger partial charge in [-0.3, -0.25) is 14.4 Å². The van der Waals surface area contributed by atoms with E-state index in [1.807, 2.05) is 0 Å². The van der Waals surface area contributed by atoms with Crippen molar-refractivity contribution in [3.8, 4) is 0 Å². The number of carbonyl (C=O) groups is 3. The van der Waals surface area contributed by atoms with Crippen LogP contribution in [0.3, 0.4) is 0 Å². The predicted molar refractivity (Wildman–Crippen MR) is 362 cm³/mol. The summed E-state index contributed by atoms with van der Waals surface area (Å²) in [4.78, 5) is 38.5. The molecule has 0 radical (unpaired) electrons. The minimum absolute atomic E-state index is 0.0870. The summed E-state index contributed by atoms with van der Waals surface area (Å²) >= 11 is 0. The second-order valence-corrected chi connectivity index (χ2v) is 23.1. The predicted octanol–water partition coefficient (Wildman–Crippen LogP) is 24.3. The van der Waals surface area contributed by atoms with Gasteiger partial charge >= 0.3 is 17.9 Å². The van der Waals surface area contributed by atoms with Gasteiger partial charge in [0.2, 0.25) is 0 Å². The first kappa shape index (κ1) is 78.8. The summed E-state index contributed by atoms with van der Waals surface area (Å²) in [5, 5.41) is 0. The third-order valence-corrected chi connectivity index (χ3v) is 14.9. The molecule has 0 aromatic carbocycles. The monoisotopic (exact) mass is 1150 g/mol. The first-order valence-corrected chi connectivity index (χ1v) is 35.0. The second-order valence-electron chi connectivity index (χ2n) is 23.1. The smallest absolute Gasteiger partial charge is 0.306 e. The van der Waals surface area contributed by atoms with Gasteiger partial charge in [-0.15, -0.1) is 0 Å². The number of unbranched alkanes of at least 4 members (excludes halogenated alkanes) is 32. The first-order chi connectivity index (χ1) is 41.0. The van der Waals surface area contributed by atoms with Crippen LogP contribution in [0.25, 0.3) is 0 Å². The van der Waals surface area contributed by atoms with Crippen molar-refractivity contribution in [2.24, 2.45) is 0 Å². The highest BCUT2D eigenvalue weighted by atomic mass is 16.6. The molecule has 0 bridgehead atoms. The van der Waals surface area contributed by atoms with Crippen molar-refractivity contribution in [3.05, 3.63) is 122 Å². The zero-order chi connectivity index (χ0) is 59.9. The average molecular weight is 1150 g/mol. The normalized spacial score (nSPS) is 12.9. The minimum atomic E-state index is -0.792. The van der Waals surface area contributed by atoms with E-state index in [2.05, 4.69) is 142 Å². The van der Waals surface area contributed by atoms with Crippen LogP contribution in [0.1, 0.15) is 329 Å². The van der Waals surface area contributed by atoms with Crippen molar-refractivity contribution < 1.29 is 28.6 Å². The standard InChI is InChI=1S/C77H130O6/c1-4-7-10-13-16-19-22-25-28-31-34-35-36-37-38-39-40-41-42-43-44-47-49-52-55-58-61-64-67-70-76(79)82-73-74(83-77(80)71-68-65-62-59-56-53-50-46-33-30-27-24-21-18-15-12-9-6-3)72-81-75(78)69-66-63-60-57-54-51-48-45-32-29-26-23-20-17-14-11-8-5-2/h7,10,16,19-21,23-25,28-30,32-35,37-38,40-41,74H,4-6,8-9,11-15,17-18,22,26-27,31,36,39,42-73H2,1-3H3/b10-7-,19-16-,23-20-,24-21-,28-25-,32-29-,33-30-,35-34-,38-37-,41-40-. The Bertz CT molecular complexity index is 1700. The Balaban J connectivity index is 4.37. The lowest BCUT2D eigenvalue weighted by molar-refractivity contribution is -0.167. The number of ether oxygens (including phenoxy) is 3. The highest BCUT2D eigenvalue weighted by Crippen LogP contribution is 2.16. The van der Waals surface area contributed by atoms with Crippen LogP contribution in [-0.2, 0) is 28.6 Å². The fraction of sp³-hybridized carbons (Fsp3) is 0.701. The zero-order valence-corrected chi connectivity index (χ0v) is 54.4. The average Bonchev–Trinajstić information content (AvgIpc) is 3.49. The Kier molecular flexibility index (Phi) is 66.7. The van der Waals surface area contributed by atoms with Gasteiger partial charge in [-0.25, -0.2) is 0 Å². The number of esters is 3. The fourth-order valence-electron chi connectivity index (χ4n) is 9.68. The maximum absolute atomic E-state index is 13.0. The molecule has 6 nitrogen and oxygen atoms in total. The van der Waals surface area contributed by atoms with Crippen molar-refractivity contribution in [2.45, 2.75) is 335 Å². The Labute approximate surface area is 513 Å². The van der Waals surface area contributed by atoms with Gasteiger partial charge in [0.25, 0.3) is 0 Å². The summed E-state index contributed by atoms with van der Waals surface area (Å²) in [5.74, 6) is -0.896. The topological polar surface area (TPSA) is 78.9 Å². The van der Waals surface area contributed by atoms with Crippen LogP contribution in [0.5, 0.6) is 0 Å². The molecule has 0 N–H and O–H groups in total. The van der Waals surface area contributed by atoms with Gasteiger partial charge in [0, 0.05) is 19.3 Å². The molecule has 474 valence electrons. The lowest BCUT2D eigenvalue weighted by atomic mass is 10.1. The number of hydrogen-bond donors (Lipinski definition) is 0. The van der Waals surface area contributed by atoms with Gasteiger partial charge in [-0.05, 0) is 135 Å². The zero-order valence-electron chi connectivity index (χ0n) is 54.4. The molecule has 0 aliphatic carbocycles. The lowest BCUT2D eigenvalue weighted by Gasteiger charge is -2.18. The van der Waals surface area contributed by atoms with Crippen molar-refractivity contribution in [2.75, 3.05) is 13.2 Å². The van der Waals surface area contributed by atoms with Crippen LogP contribution in [0.2, 0.25) is 0 Å². The van der Waals surface area contributed by atoms with Crippen LogP contribution in [0, 0.1) is 0 Å². The molecule has 1 atom stereocenters. The van der Waals surface area contributed by atoms with Crippen LogP contribution in [0.4, 0.5) is 0 Å². The van der Waals surface area contributed by atoms with E-state index in [1.165, 1.54) is 167 Å². The van der Waals surface area contributed by atoms with E-state index in [9.17, 15) is 14.4 Å². The van der Waals surface area contributed by atoms with Crippen molar-refractivity contribution in [1.82, 2.24) is 0 Å². The Hall–Kier alpha value is -4.19. The second kappa shape index (κ2) is 70.3. The summed E-state index contributed by atoms with van der Waals surface area (Å²) in [6.45, 7) is 6.51. The maximum Gasteiger partial charge on any atom is 0.306 e. The molecule has 6 heteroatoms. The molecule has 0 rings (SSSR count). The molecule has 0 aromatic rings. The molecular weight excluding hydrogens is 1020 g/mol. The maximum atomic E-state index is 13.0. The third kappa shape index (κ3) is 68.5. The number of rotatable bonds is 63. The van der Waals surface area contributed by atoms with E-state index in [1.54, 1.807) is 0 Å². The molecule has 0 aliphatic heterocycles. The molecule has 0 amide bonds. The quantitative estimate of drug-likeness (QED) is 0.0261. The Morgan fingerprint density at radius 3 is 0.735 bits per heavy atom. The molecule has 1 unspecified atom stereocenters.